The van der Waals surface area contributed by atoms with Crippen LogP contribution < -0.4 is 20.5 Å². The molecule has 2 aliphatic heterocycles. The molecule has 2 aliphatic rings. The van der Waals surface area contributed by atoms with Gasteiger partial charge in [0.15, 0.2) is 5.13 Å². The predicted molar refractivity (Wildman–Crippen MR) is 133 cm³/mol. The van der Waals surface area contributed by atoms with Gasteiger partial charge in [0.25, 0.3) is 0 Å². The number of ether oxygens (including phenoxy) is 1. The maximum atomic E-state index is 13.1. The summed E-state index contributed by atoms with van der Waals surface area (Å²) < 4.78 is 68.7. The fourth-order valence-electron chi connectivity index (χ4n) is 3.91. The van der Waals surface area contributed by atoms with Gasteiger partial charge in [-0.3, -0.25) is 9.89 Å². The van der Waals surface area contributed by atoms with E-state index >= 15 is 0 Å². The van der Waals surface area contributed by atoms with E-state index in [1.165, 1.54) is 29.5 Å². The minimum Gasteiger partial charge on any atom is -0.489 e. The van der Waals surface area contributed by atoms with Crippen LogP contribution in [0.4, 0.5) is 24.0 Å². The normalized spacial score (nSPS) is 21.5. The molecule has 0 saturated carbocycles. The second kappa shape index (κ2) is 10.5. The van der Waals surface area contributed by atoms with Gasteiger partial charge in [-0.25, -0.2) is 18.5 Å². The number of primary sulfonamides is 1. The van der Waals surface area contributed by atoms with Crippen LogP contribution in [0, 0.1) is 0 Å². The van der Waals surface area contributed by atoms with Crippen LogP contribution in [0.3, 0.4) is 0 Å². The van der Waals surface area contributed by atoms with Crippen molar-refractivity contribution in [2.24, 2.45) is 10.1 Å². The zero-order chi connectivity index (χ0) is 26.1. The lowest BCUT2D eigenvalue weighted by Gasteiger charge is -2.38. The molecule has 2 aromatic rings. The molecule has 1 saturated heterocycles. The molecule has 1 aromatic heterocycles. The predicted octanol–water partition coefficient (Wildman–Crippen LogP) is 3.34. The Morgan fingerprint density at radius 2 is 2.11 bits per heavy atom. The summed E-state index contributed by atoms with van der Waals surface area (Å²) >= 11 is 1.31. The summed E-state index contributed by atoms with van der Waals surface area (Å²) in [5.41, 5.74) is 1.81. The number of hydrogen-bond donors (Lipinski definition) is 3. The number of benzene rings is 1. The average Bonchev–Trinajstić information content (AvgIpc) is 3.27. The first-order chi connectivity index (χ1) is 16.9. The molecule has 36 heavy (non-hydrogen) atoms. The number of nitrogens with zero attached hydrogens (tertiary/aromatic N) is 3. The number of rotatable bonds is 7. The summed E-state index contributed by atoms with van der Waals surface area (Å²) in [5, 5.41) is 13.2. The molecule has 4 rings (SSSR count). The Balaban J connectivity index is 1.46. The van der Waals surface area contributed by atoms with Crippen molar-refractivity contribution in [3.63, 3.8) is 0 Å². The van der Waals surface area contributed by atoms with Crippen LogP contribution in [0.15, 0.2) is 39.5 Å². The number of allylic oxidation sites excluding steroid dienone is 1. The number of dihydropyridines is 1. The number of sulfonamides is 1. The third kappa shape index (κ3) is 6.42. The second-order valence-corrected chi connectivity index (χ2v) is 11.1. The van der Waals surface area contributed by atoms with Crippen LogP contribution in [0.1, 0.15) is 26.0 Å². The van der Waals surface area contributed by atoms with E-state index in [4.69, 9.17) is 9.88 Å². The van der Waals surface area contributed by atoms with Crippen LogP contribution in [-0.4, -0.2) is 68.6 Å². The summed E-state index contributed by atoms with van der Waals surface area (Å²) in [6.07, 6.45) is -0.775. The zero-order valence-electron chi connectivity index (χ0n) is 19.6. The number of aromatic nitrogens is 1. The first-order valence-electron chi connectivity index (χ1n) is 11.2. The zero-order valence-corrected chi connectivity index (χ0v) is 21.3. The van der Waals surface area contributed by atoms with Crippen molar-refractivity contribution in [2.75, 3.05) is 25.0 Å². The third-order valence-electron chi connectivity index (χ3n) is 5.64. The van der Waals surface area contributed by atoms with Crippen molar-refractivity contribution >= 4 is 44.0 Å². The number of anilines is 2. The SMILES string of the molecule is CC(C)Oc1ccc(S(N)(=O)=O)cc1Nc1nc(C2=CCC(N3CCNC(C(F)(F)F)C3)N=C2)cs1. The molecule has 196 valence electrons. The fourth-order valence-corrected chi connectivity index (χ4v) is 5.18. The van der Waals surface area contributed by atoms with Crippen LogP contribution >= 0.6 is 11.3 Å². The summed E-state index contributed by atoms with van der Waals surface area (Å²) in [4.78, 5) is 10.7. The van der Waals surface area contributed by atoms with Crippen LogP contribution in [0.25, 0.3) is 5.57 Å². The van der Waals surface area contributed by atoms with Gasteiger partial charge >= 0.3 is 6.18 Å². The Hall–Kier alpha value is -2.52. The van der Waals surface area contributed by atoms with Crippen LogP contribution in [-0.2, 0) is 10.0 Å². The van der Waals surface area contributed by atoms with E-state index in [1.807, 2.05) is 25.3 Å². The van der Waals surface area contributed by atoms with Crippen molar-refractivity contribution in [3.05, 3.63) is 35.3 Å². The number of alkyl halides is 3. The number of halogens is 3. The molecule has 0 bridgehead atoms. The Kier molecular flexibility index (Phi) is 7.71. The molecule has 1 aromatic carbocycles. The van der Waals surface area contributed by atoms with Crippen molar-refractivity contribution in [1.29, 1.82) is 0 Å². The number of aliphatic imine (C=N–C) groups is 1. The number of nitrogens with one attached hydrogen (secondary N) is 2. The van der Waals surface area contributed by atoms with Crippen molar-refractivity contribution in [3.8, 4) is 5.75 Å². The molecule has 2 atom stereocenters. The van der Waals surface area contributed by atoms with Gasteiger partial charge in [-0.1, -0.05) is 6.08 Å². The highest BCUT2D eigenvalue weighted by Crippen LogP contribution is 2.33. The van der Waals surface area contributed by atoms with E-state index in [0.29, 0.717) is 35.2 Å². The molecular weight excluding hydrogens is 517 g/mol. The highest BCUT2D eigenvalue weighted by Gasteiger charge is 2.43. The highest BCUT2D eigenvalue weighted by molar-refractivity contribution is 7.89. The van der Waals surface area contributed by atoms with Gasteiger partial charge in [0, 0.05) is 43.2 Å². The summed E-state index contributed by atoms with van der Waals surface area (Å²) in [5.74, 6) is 0.448. The first kappa shape index (κ1) is 26.5. The average molecular weight is 545 g/mol. The van der Waals surface area contributed by atoms with Gasteiger partial charge in [-0.15, -0.1) is 11.3 Å². The monoisotopic (exact) mass is 544 g/mol. The van der Waals surface area contributed by atoms with Gasteiger partial charge in [0.05, 0.1) is 22.4 Å². The molecule has 1 fully saturated rings. The number of nitrogens with two attached hydrogens (primary N) is 1. The van der Waals surface area contributed by atoms with Gasteiger partial charge in [-0.2, -0.15) is 13.2 Å². The third-order valence-corrected chi connectivity index (χ3v) is 7.31. The van der Waals surface area contributed by atoms with E-state index in [9.17, 15) is 21.6 Å². The summed E-state index contributed by atoms with van der Waals surface area (Å²) in [6.45, 7) is 4.30. The standard InChI is InChI=1S/C22H27F3N6O3S2/c1-13(2)34-18-5-4-15(36(26,32)33)9-16(18)29-21-30-17(12-35-21)14-3-6-20(28-10-14)31-8-7-27-19(11-31)22(23,24)25/h3-5,9-10,12-13,19-20,27H,6-8,11H2,1-2H3,(H,29,30)(H2,26,32,33). The van der Waals surface area contributed by atoms with Crippen molar-refractivity contribution in [2.45, 2.75) is 49.7 Å². The minimum atomic E-state index is -4.30. The molecule has 4 N–H and O–H groups in total. The largest absolute Gasteiger partial charge is 0.489 e. The molecule has 2 unspecified atom stereocenters. The maximum Gasteiger partial charge on any atom is 0.405 e. The molecule has 0 aliphatic carbocycles. The van der Waals surface area contributed by atoms with E-state index in [0.717, 1.165) is 5.57 Å². The molecule has 0 amide bonds. The van der Waals surface area contributed by atoms with E-state index < -0.39 is 22.2 Å². The van der Waals surface area contributed by atoms with Crippen molar-refractivity contribution in [1.82, 2.24) is 15.2 Å². The first-order valence-corrected chi connectivity index (χ1v) is 13.7. The van der Waals surface area contributed by atoms with E-state index in [2.05, 4.69) is 20.6 Å². The number of hydrogen-bond acceptors (Lipinski definition) is 9. The highest BCUT2D eigenvalue weighted by atomic mass is 32.2. The van der Waals surface area contributed by atoms with E-state index in [1.54, 1.807) is 11.1 Å². The Morgan fingerprint density at radius 1 is 1.33 bits per heavy atom. The molecule has 9 nitrogen and oxygen atoms in total. The summed E-state index contributed by atoms with van der Waals surface area (Å²) in [6, 6.07) is 2.74. The smallest absolute Gasteiger partial charge is 0.405 e. The maximum absolute atomic E-state index is 13.1. The second-order valence-electron chi connectivity index (χ2n) is 8.73. The lowest BCUT2D eigenvalue weighted by molar-refractivity contribution is -0.166. The molecule has 3 heterocycles. The van der Waals surface area contributed by atoms with Crippen LogP contribution in [0.2, 0.25) is 0 Å². The number of thiazole rings is 1. The van der Waals surface area contributed by atoms with Crippen molar-refractivity contribution < 1.29 is 26.3 Å². The van der Waals surface area contributed by atoms with Crippen LogP contribution in [0.5, 0.6) is 5.75 Å². The quantitative estimate of drug-likeness (QED) is 0.489. The summed E-state index contributed by atoms with van der Waals surface area (Å²) in [7, 11) is -3.91. The molecule has 0 spiro atoms. The number of piperazine rings is 1. The lowest BCUT2D eigenvalue weighted by atomic mass is 10.1. The Labute approximate surface area is 211 Å². The van der Waals surface area contributed by atoms with Gasteiger partial charge < -0.3 is 15.4 Å². The van der Waals surface area contributed by atoms with E-state index in [-0.39, 0.29) is 30.3 Å². The Morgan fingerprint density at radius 3 is 2.75 bits per heavy atom. The Bertz CT molecular complexity index is 1260. The van der Waals surface area contributed by atoms with Gasteiger partial charge in [0.2, 0.25) is 10.0 Å². The van der Waals surface area contributed by atoms with Gasteiger partial charge in [-0.05, 0) is 32.0 Å². The topological polar surface area (TPSA) is 122 Å². The lowest BCUT2D eigenvalue weighted by Crippen LogP contribution is -2.58. The minimum absolute atomic E-state index is 0.0632. The molecular formula is C22H27F3N6O3S2. The molecule has 14 heteroatoms. The fraction of sp³-hybridized carbons (Fsp3) is 0.455. The van der Waals surface area contributed by atoms with Gasteiger partial charge in [0.1, 0.15) is 18.0 Å². The molecule has 0 radical (unpaired) electrons.